The van der Waals surface area contributed by atoms with Crippen molar-refractivity contribution in [1.82, 2.24) is 14.7 Å². The topological polar surface area (TPSA) is 114 Å². The Bertz CT molecular complexity index is 878. The van der Waals surface area contributed by atoms with Crippen LogP contribution in [0.15, 0.2) is 0 Å². The van der Waals surface area contributed by atoms with Crippen LogP contribution in [0.25, 0.3) is 0 Å². The summed E-state index contributed by atoms with van der Waals surface area (Å²) < 4.78 is 33.1. The lowest BCUT2D eigenvalue weighted by atomic mass is 9.90. The number of hydrogen-bond donors (Lipinski definition) is 0. The van der Waals surface area contributed by atoms with E-state index in [1.54, 1.807) is 4.90 Å². The molecule has 3 aliphatic heterocycles. The van der Waals surface area contributed by atoms with Crippen molar-refractivity contribution in [3.63, 3.8) is 0 Å². The highest BCUT2D eigenvalue weighted by Gasteiger charge is 2.32. The summed E-state index contributed by atoms with van der Waals surface area (Å²) in [4.78, 5) is 43.3. The summed E-state index contributed by atoms with van der Waals surface area (Å²) in [6.45, 7) is 9.21. The first-order valence-corrected chi connectivity index (χ1v) is 15.0. The van der Waals surface area contributed by atoms with E-state index < -0.39 is 15.7 Å². The minimum atomic E-state index is -3.47. The molecule has 3 heterocycles. The molecule has 10 nitrogen and oxygen atoms in total. The molecule has 0 bridgehead atoms. The van der Waals surface area contributed by atoms with E-state index in [4.69, 9.17) is 8.92 Å². The van der Waals surface area contributed by atoms with E-state index in [9.17, 15) is 22.8 Å². The van der Waals surface area contributed by atoms with E-state index in [-0.39, 0.29) is 35.8 Å². The number of nitrogens with zero attached hydrogens (tertiary/aromatic N) is 3. The first-order valence-electron chi connectivity index (χ1n) is 13.2. The van der Waals surface area contributed by atoms with Gasteiger partial charge in [0, 0.05) is 52.1 Å². The molecule has 0 aromatic heterocycles. The zero-order valence-corrected chi connectivity index (χ0v) is 23.1. The Balaban J connectivity index is 1.33. The summed E-state index contributed by atoms with van der Waals surface area (Å²) in [5.74, 6) is 0.825. The van der Waals surface area contributed by atoms with Crippen LogP contribution in [0.5, 0.6) is 0 Å². The molecule has 0 radical (unpaired) electrons. The molecule has 0 aromatic rings. The largest absolute Gasteiger partial charge is 0.444 e. The van der Waals surface area contributed by atoms with Gasteiger partial charge in [-0.2, -0.15) is 8.42 Å². The minimum absolute atomic E-state index is 0.106. The smallest absolute Gasteiger partial charge is 0.410 e. The quantitative estimate of drug-likeness (QED) is 0.486. The van der Waals surface area contributed by atoms with E-state index in [0.717, 1.165) is 31.9 Å². The molecule has 36 heavy (non-hydrogen) atoms. The number of carbonyl (C=O) groups excluding carboxylic acids is 3. The number of carbonyl (C=O) groups is 3. The molecule has 0 spiro atoms. The van der Waals surface area contributed by atoms with Gasteiger partial charge < -0.3 is 19.4 Å². The highest BCUT2D eigenvalue weighted by atomic mass is 32.2. The highest BCUT2D eigenvalue weighted by molar-refractivity contribution is 7.86. The molecule has 0 unspecified atom stereocenters. The molecule has 0 N–H and O–H groups in total. The molecule has 0 atom stereocenters. The first-order chi connectivity index (χ1) is 16.8. The number of hydrogen-bond acceptors (Lipinski definition) is 7. The molecule has 11 heteroatoms. The standard InChI is InChI=1S/C25H43N3O7S/c1-25(2,3)34-24(31)28-13-7-20(8-14-28)18-22(29)26-11-5-19(6-12-26)17-23(30)27-15-9-21(10-16-27)35-36(4,32)33/h19-21H,5-18H2,1-4H3. The molecular weight excluding hydrogens is 486 g/mol. The molecule has 3 fully saturated rings. The van der Waals surface area contributed by atoms with Crippen LogP contribution in [0, 0.1) is 11.8 Å². The molecular formula is C25H43N3O7S. The summed E-state index contributed by atoms with van der Waals surface area (Å²) in [6.07, 6.45) is 5.73. The van der Waals surface area contributed by atoms with E-state index in [0.29, 0.717) is 65.0 Å². The lowest BCUT2D eigenvalue weighted by Gasteiger charge is -2.36. The van der Waals surface area contributed by atoms with Crippen molar-refractivity contribution in [1.29, 1.82) is 0 Å². The third kappa shape index (κ3) is 9.21. The Morgan fingerprint density at radius 3 is 1.50 bits per heavy atom. The maximum Gasteiger partial charge on any atom is 0.410 e. The van der Waals surface area contributed by atoms with Crippen molar-refractivity contribution in [3.05, 3.63) is 0 Å². The van der Waals surface area contributed by atoms with Crippen LogP contribution in [0.3, 0.4) is 0 Å². The van der Waals surface area contributed by atoms with Gasteiger partial charge in [0.1, 0.15) is 5.60 Å². The van der Waals surface area contributed by atoms with E-state index in [1.165, 1.54) is 0 Å². The Labute approximate surface area is 215 Å². The molecule has 0 aliphatic carbocycles. The maximum atomic E-state index is 12.9. The van der Waals surface area contributed by atoms with E-state index in [1.807, 2.05) is 30.6 Å². The van der Waals surface area contributed by atoms with Gasteiger partial charge >= 0.3 is 6.09 Å². The second kappa shape index (κ2) is 12.1. The van der Waals surface area contributed by atoms with Crippen molar-refractivity contribution in [2.45, 2.75) is 83.8 Å². The van der Waals surface area contributed by atoms with Crippen LogP contribution in [-0.2, 0) is 28.6 Å². The second-order valence-electron chi connectivity index (χ2n) is 11.5. The van der Waals surface area contributed by atoms with Gasteiger partial charge in [0.15, 0.2) is 0 Å². The lowest BCUT2D eigenvalue weighted by Crippen LogP contribution is -2.44. The normalized spacial score (nSPS) is 21.5. The molecule has 0 saturated carbocycles. The maximum absolute atomic E-state index is 12.9. The van der Waals surface area contributed by atoms with Gasteiger partial charge in [0.2, 0.25) is 11.8 Å². The summed E-state index contributed by atoms with van der Waals surface area (Å²) in [7, 11) is -3.47. The summed E-state index contributed by atoms with van der Waals surface area (Å²) >= 11 is 0. The van der Waals surface area contributed by atoms with E-state index in [2.05, 4.69) is 0 Å². The predicted octanol–water partition coefficient (Wildman–Crippen LogP) is 2.62. The van der Waals surface area contributed by atoms with E-state index >= 15 is 0 Å². The molecule has 0 aromatic carbocycles. The van der Waals surface area contributed by atoms with Gasteiger partial charge in [-0.3, -0.25) is 13.8 Å². The summed E-state index contributed by atoms with van der Waals surface area (Å²) in [5.41, 5.74) is -0.507. The first kappa shape index (κ1) is 28.7. The van der Waals surface area contributed by atoms with Crippen molar-refractivity contribution < 1.29 is 31.7 Å². The average Bonchev–Trinajstić information content (AvgIpc) is 2.78. The third-order valence-corrected chi connectivity index (χ3v) is 7.89. The Morgan fingerprint density at radius 2 is 1.11 bits per heavy atom. The Morgan fingerprint density at radius 1 is 0.722 bits per heavy atom. The number of likely N-dealkylation sites (tertiary alicyclic amines) is 3. The fourth-order valence-corrected chi connectivity index (χ4v) is 5.92. The van der Waals surface area contributed by atoms with Crippen LogP contribution in [-0.4, -0.2) is 98.3 Å². The van der Waals surface area contributed by atoms with Crippen LogP contribution in [0.2, 0.25) is 0 Å². The lowest BCUT2D eigenvalue weighted by molar-refractivity contribution is -0.135. The van der Waals surface area contributed by atoms with Crippen LogP contribution in [0.4, 0.5) is 4.79 Å². The molecule has 3 rings (SSSR count). The Hall–Kier alpha value is -1.88. The summed E-state index contributed by atoms with van der Waals surface area (Å²) in [6, 6.07) is 0. The molecule has 3 amide bonds. The monoisotopic (exact) mass is 529 g/mol. The Kier molecular flexibility index (Phi) is 9.65. The van der Waals surface area contributed by atoms with Crippen molar-refractivity contribution in [2.24, 2.45) is 11.8 Å². The van der Waals surface area contributed by atoms with Crippen LogP contribution in [0.1, 0.15) is 72.1 Å². The SMILES string of the molecule is CC(C)(C)OC(=O)N1CCC(CC(=O)N2CCC(CC(=O)N3CCC(OS(C)(=O)=O)CC3)CC2)CC1. The zero-order chi connectivity index (χ0) is 26.5. The van der Waals surface area contributed by atoms with Crippen molar-refractivity contribution in [2.75, 3.05) is 45.5 Å². The van der Waals surface area contributed by atoms with Gasteiger partial charge in [-0.15, -0.1) is 0 Å². The fraction of sp³-hybridized carbons (Fsp3) is 0.880. The number of ether oxygens (including phenoxy) is 1. The van der Waals surface area contributed by atoms with Gasteiger partial charge in [0.05, 0.1) is 12.4 Å². The van der Waals surface area contributed by atoms with Crippen molar-refractivity contribution >= 4 is 28.0 Å². The fourth-order valence-electron chi connectivity index (χ4n) is 5.23. The predicted molar refractivity (Wildman–Crippen MR) is 135 cm³/mol. The number of rotatable bonds is 6. The number of piperidine rings is 3. The van der Waals surface area contributed by atoms with Crippen LogP contribution >= 0.6 is 0 Å². The third-order valence-electron chi connectivity index (χ3n) is 7.27. The minimum Gasteiger partial charge on any atom is -0.444 e. The summed E-state index contributed by atoms with van der Waals surface area (Å²) in [5, 5.41) is 0. The zero-order valence-electron chi connectivity index (χ0n) is 22.2. The number of amides is 3. The van der Waals surface area contributed by atoms with Gasteiger partial charge in [-0.25, -0.2) is 4.79 Å². The molecule has 3 aliphatic rings. The molecule has 206 valence electrons. The van der Waals surface area contributed by atoms with Crippen LogP contribution < -0.4 is 0 Å². The second-order valence-corrected chi connectivity index (χ2v) is 13.1. The highest BCUT2D eigenvalue weighted by Crippen LogP contribution is 2.27. The van der Waals surface area contributed by atoms with Crippen molar-refractivity contribution in [3.8, 4) is 0 Å². The van der Waals surface area contributed by atoms with Gasteiger partial charge in [0.25, 0.3) is 10.1 Å². The van der Waals surface area contributed by atoms with Gasteiger partial charge in [-0.1, -0.05) is 0 Å². The molecule has 3 saturated heterocycles. The van der Waals surface area contributed by atoms with Gasteiger partial charge in [-0.05, 0) is 71.1 Å². The average molecular weight is 530 g/mol.